The molecule has 0 aliphatic rings. The van der Waals surface area contributed by atoms with E-state index in [4.69, 9.17) is 14.9 Å². The Morgan fingerprint density at radius 1 is 1.14 bits per heavy atom. The number of hydrogen-bond acceptors (Lipinski definition) is 4. The van der Waals surface area contributed by atoms with Crippen molar-refractivity contribution in [1.29, 1.82) is 0 Å². The third kappa shape index (κ3) is 3.17. The van der Waals surface area contributed by atoms with Gasteiger partial charge < -0.3 is 14.9 Å². The number of hydrogen-bond donors (Lipinski definition) is 1. The van der Waals surface area contributed by atoms with Gasteiger partial charge >= 0.3 is 5.63 Å². The van der Waals surface area contributed by atoms with Crippen LogP contribution in [0.2, 0.25) is 0 Å². The maximum atomic E-state index is 11.9. The lowest BCUT2D eigenvalue weighted by Gasteiger charge is -2.17. The minimum atomic E-state index is -0.285. The summed E-state index contributed by atoms with van der Waals surface area (Å²) in [6, 6.07) is 4.01. The second-order valence-corrected chi connectivity index (χ2v) is 6.25. The highest BCUT2D eigenvalue weighted by Gasteiger charge is 2.13. The summed E-state index contributed by atoms with van der Waals surface area (Å²) in [5, 5.41) is 0.959. The maximum absolute atomic E-state index is 11.9. The van der Waals surface area contributed by atoms with Crippen LogP contribution in [0.25, 0.3) is 11.0 Å². The van der Waals surface area contributed by atoms with Gasteiger partial charge in [-0.2, -0.15) is 0 Å². The summed E-state index contributed by atoms with van der Waals surface area (Å²) >= 11 is 0. The average Bonchev–Trinajstić information content (AvgIpc) is 2.47. The van der Waals surface area contributed by atoms with Gasteiger partial charge in [-0.15, -0.1) is 0 Å². The Bertz CT molecular complexity index is 731. The Kier molecular flexibility index (Phi) is 4.91. The average molecular weight is 303 g/mol. The minimum Gasteiger partial charge on any atom is -0.493 e. The fourth-order valence-corrected chi connectivity index (χ4v) is 2.42. The van der Waals surface area contributed by atoms with Crippen LogP contribution in [0.15, 0.2) is 21.3 Å². The molecule has 4 nitrogen and oxygen atoms in total. The van der Waals surface area contributed by atoms with Crippen LogP contribution in [0.5, 0.6) is 5.75 Å². The fourth-order valence-electron chi connectivity index (χ4n) is 2.42. The molecule has 2 N–H and O–H groups in total. The lowest BCUT2D eigenvalue weighted by atomic mass is 10.0. The Morgan fingerprint density at radius 3 is 2.45 bits per heavy atom. The van der Waals surface area contributed by atoms with Gasteiger partial charge in [0.2, 0.25) is 0 Å². The SMILES string of the molecule is Cc1c(C)c2ccc(OCC[C@H](N)C(C)C)c(C)c2oc1=O. The summed E-state index contributed by atoms with van der Waals surface area (Å²) in [4.78, 5) is 11.9. The fraction of sp³-hybridized carbons (Fsp3) is 0.500. The standard InChI is InChI=1S/C18H25NO3/c1-10(2)15(19)8-9-21-16-7-6-14-11(3)12(4)18(20)22-17(14)13(16)5/h6-7,10,15H,8-9,19H2,1-5H3/t15-/m0/s1. The molecule has 4 heteroatoms. The van der Waals surface area contributed by atoms with E-state index in [2.05, 4.69) is 13.8 Å². The molecular weight excluding hydrogens is 278 g/mol. The van der Waals surface area contributed by atoms with Gasteiger partial charge in [-0.3, -0.25) is 0 Å². The van der Waals surface area contributed by atoms with E-state index in [1.807, 2.05) is 26.0 Å². The highest BCUT2D eigenvalue weighted by atomic mass is 16.5. The van der Waals surface area contributed by atoms with Crippen LogP contribution in [-0.2, 0) is 0 Å². The third-order valence-corrected chi connectivity index (χ3v) is 4.39. The second-order valence-electron chi connectivity index (χ2n) is 6.25. The molecule has 1 aromatic carbocycles. The molecule has 1 atom stereocenters. The van der Waals surface area contributed by atoms with E-state index >= 15 is 0 Å². The van der Waals surface area contributed by atoms with Crippen molar-refractivity contribution in [2.24, 2.45) is 11.7 Å². The number of ether oxygens (including phenoxy) is 1. The van der Waals surface area contributed by atoms with E-state index in [1.54, 1.807) is 6.92 Å². The summed E-state index contributed by atoms with van der Waals surface area (Å²) < 4.78 is 11.3. The van der Waals surface area contributed by atoms with Crippen LogP contribution in [0, 0.1) is 26.7 Å². The summed E-state index contributed by atoms with van der Waals surface area (Å²) in [7, 11) is 0. The number of benzene rings is 1. The molecule has 1 heterocycles. The van der Waals surface area contributed by atoms with Crippen molar-refractivity contribution in [2.75, 3.05) is 6.61 Å². The van der Waals surface area contributed by atoms with Gasteiger partial charge in [0.15, 0.2) is 0 Å². The Labute approximate surface area is 131 Å². The van der Waals surface area contributed by atoms with E-state index in [0.717, 1.165) is 28.7 Å². The van der Waals surface area contributed by atoms with Gasteiger partial charge in [-0.25, -0.2) is 4.79 Å². The quantitative estimate of drug-likeness (QED) is 0.859. The lowest BCUT2D eigenvalue weighted by Crippen LogP contribution is -2.28. The van der Waals surface area contributed by atoms with Crippen molar-refractivity contribution in [2.45, 2.75) is 47.1 Å². The predicted molar refractivity (Wildman–Crippen MR) is 89.6 cm³/mol. The van der Waals surface area contributed by atoms with Gasteiger partial charge in [-0.1, -0.05) is 13.8 Å². The topological polar surface area (TPSA) is 65.5 Å². The first-order valence-corrected chi connectivity index (χ1v) is 7.75. The van der Waals surface area contributed by atoms with Crippen LogP contribution in [0.1, 0.15) is 37.0 Å². The summed E-state index contributed by atoms with van der Waals surface area (Å²) in [5.41, 5.74) is 8.82. The molecule has 0 fully saturated rings. The number of nitrogens with two attached hydrogens (primary N) is 1. The molecule has 0 saturated carbocycles. The molecule has 0 spiro atoms. The highest BCUT2D eigenvalue weighted by molar-refractivity contribution is 5.85. The van der Waals surface area contributed by atoms with Crippen molar-refractivity contribution < 1.29 is 9.15 Å². The maximum Gasteiger partial charge on any atom is 0.339 e. The molecule has 0 aliphatic heterocycles. The van der Waals surface area contributed by atoms with Gasteiger partial charge in [0.05, 0.1) is 6.61 Å². The molecule has 1 aromatic heterocycles. The zero-order chi connectivity index (χ0) is 16.4. The number of aryl methyl sites for hydroxylation is 2. The van der Waals surface area contributed by atoms with Gasteiger partial charge in [-0.05, 0) is 50.8 Å². The van der Waals surface area contributed by atoms with Crippen molar-refractivity contribution >= 4 is 11.0 Å². The molecule has 2 aromatic rings. The molecule has 0 saturated heterocycles. The molecule has 2 rings (SSSR count). The van der Waals surface area contributed by atoms with Crippen LogP contribution in [0.3, 0.4) is 0 Å². The van der Waals surface area contributed by atoms with Crippen molar-refractivity contribution in [1.82, 2.24) is 0 Å². The zero-order valence-corrected chi connectivity index (χ0v) is 14.0. The van der Waals surface area contributed by atoms with Crippen molar-refractivity contribution in [3.8, 4) is 5.75 Å². The van der Waals surface area contributed by atoms with E-state index < -0.39 is 0 Å². The Balaban J connectivity index is 2.28. The van der Waals surface area contributed by atoms with Gasteiger partial charge in [0.25, 0.3) is 0 Å². The predicted octanol–water partition coefficient (Wildman–Crippen LogP) is 3.47. The monoisotopic (exact) mass is 303 g/mol. The molecule has 0 bridgehead atoms. The summed E-state index contributed by atoms with van der Waals surface area (Å²) in [6.07, 6.45) is 0.798. The first kappa shape index (κ1) is 16.6. The normalized spacial score (nSPS) is 12.9. The van der Waals surface area contributed by atoms with Crippen molar-refractivity contribution in [3.05, 3.63) is 39.2 Å². The first-order chi connectivity index (χ1) is 10.3. The largest absolute Gasteiger partial charge is 0.493 e. The van der Waals surface area contributed by atoms with Crippen LogP contribution in [0.4, 0.5) is 0 Å². The zero-order valence-electron chi connectivity index (χ0n) is 14.0. The molecule has 22 heavy (non-hydrogen) atoms. The molecular formula is C18H25NO3. The molecule has 120 valence electrons. The molecule has 0 amide bonds. The Hall–Kier alpha value is -1.81. The first-order valence-electron chi connectivity index (χ1n) is 7.75. The summed E-state index contributed by atoms with van der Waals surface area (Å²) in [6.45, 7) is 10.4. The smallest absolute Gasteiger partial charge is 0.339 e. The van der Waals surface area contributed by atoms with Crippen LogP contribution >= 0.6 is 0 Å². The van der Waals surface area contributed by atoms with E-state index in [-0.39, 0.29) is 11.7 Å². The molecule has 0 aliphatic carbocycles. The third-order valence-electron chi connectivity index (χ3n) is 4.39. The lowest BCUT2D eigenvalue weighted by molar-refractivity contribution is 0.281. The number of fused-ring (bicyclic) bond motifs is 1. The molecule has 0 unspecified atom stereocenters. The van der Waals surface area contributed by atoms with E-state index in [1.165, 1.54) is 0 Å². The van der Waals surface area contributed by atoms with Crippen molar-refractivity contribution in [3.63, 3.8) is 0 Å². The minimum absolute atomic E-state index is 0.128. The van der Waals surface area contributed by atoms with E-state index in [9.17, 15) is 4.79 Å². The van der Waals surface area contributed by atoms with E-state index in [0.29, 0.717) is 23.7 Å². The summed E-state index contributed by atoms with van der Waals surface area (Å²) in [5.74, 6) is 1.18. The second kappa shape index (κ2) is 6.53. The molecule has 0 radical (unpaired) electrons. The van der Waals surface area contributed by atoms with Crippen LogP contribution in [-0.4, -0.2) is 12.6 Å². The highest BCUT2D eigenvalue weighted by Crippen LogP contribution is 2.29. The number of rotatable bonds is 5. The Morgan fingerprint density at radius 2 is 1.82 bits per heavy atom. The van der Waals surface area contributed by atoms with Gasteiger partial charge in [0, 0.05) is 22.6 Å². The van der Waals surface area contributed by atoms with Gasteiger partial charge in [0.1, 0.15) is 11.3 Å². The van der Waals surface area contributed by atoms with Crippen LogP contribution < -0.4 is 16.1 Å².